The smallest absolute Gasteiger partial charge is 0.138 e. The van der Waals surface area contributed by atoms with E-state index in [9.17, 15) is 0 Å². The number of fused-ring (bicyclic) bond motifs is 8. The summed E-state index contributed by atoms with van der Waals surface area (Å²) in [6.07, 6.45) is 22.5. The lowest BCUT2D eigenvalue weighted by Crippen LogP contribution is -1.95. The second-order valence-corrected chi connectivity index (χ2v) is 12.7. The number of hydrogen-bond donors (Lipinski definition) is 0. The highest BCUT2D eigenvalue weighted by molar-refractivity contribution is 6.16. The molecule has 0 saturated heterocycles. The molecule has 0 atom stereocenters. The van der Waals surface area contributed by atoms with Crippen LogP contribution in [0.4, 0.5) is 0 Å². The van der Waals surface area contributed by atoms with Crippen molar-refractivity contribution in [3.8, 4) is 5.75 Å². The van der Waals surface area contributed by atoms with Crippen molar-refractivity contribution >= 4 is 65.4 Å². The maximum absolute atomic E-state index is 6.62. The molecule has 9 rings (SSSR count). The van der Waals surface area contributed by atoms with E-state index in [4.69, 9.17) is 9.15 Å². The van der Waals surface area contributed by atoms with Gasteiger partial charge in [-0.25, -0.2) is 0 Å². The molecule has 1 aliphatic carbocycles. The minimum absolute atomic E-state index is 0.768. The molecule has 1 aliphatic heterocycles. The quantitative estimate of drug-likeness (QED) is 0.184. The zero-order valence-electron chi connectivity index (χ0n) is 26.9. The summed E-state index contributed by atoms with van der Waals surface area (Å²) in [6, 6.07) is 34.7. The van der Waals surface area contributed by atoms with E-state index in [1.54, 1.807) is 0 Å². The molecule has 2 nitrogen and oxygen atoms in total. The summed E-state index contributed by atoms with van der Waals surface area (Å²) in [4.78, 5) is 0. The van der Waals surface area contributed by atoms with Crippen LogP contribution in [0.5, 0.6) is 5.75 Å². The normalized spacial score (nSPS) is 19.1. The summed E-state index contributed by atoms with van der Waals surface area (Å²) in [5.74, 6) is 1.91. The number of ether oxygens (including phenoxy) is 1. The van der Waals surface area contributed by atoms with Crippen LogP contribution in [0.2, 0.25) is 0 Å². The Balaban J connectivity index is 1.13. The van der Waals surface area contributed by atoms with E-state index < -0.39 is 0 Å². The molecule has 2 heteroatoms. The van der Waals surface area contributed by atoms with Gasteiger partial charge in [0.25, 0.3) is 0 Å². The van der Waals surface area contributed by atoms with Crippen LogP contribution in [-0.2, 0) is 6.42 Å². The van der Waals surface area contributed by atoms with Gasteiger partial charge in [0, 0.05) is 28.1 Å². The fourth-order valence-corrected chi connectivity index (χ4v) is 7.49. The summed E-state index contributed by atoms with van der Waals surface area (Å²) in [6.45, 7) is 2.23. The van der Waals surface area contributed by atoms with Crippen molar-refractivity contribution in [2.75, 3.05) is 0 Å². The Morgan fingerprint density at radius 1 is 0.646 bits per heavy atom. The average molecular weight is 619 g/mol. The Kier molecular flexibility index (Phi) is 6.94. The lowest BCUT2D eigenvalue weighted by molar-refractivity contribution is 0.451. The first kappa shape index (κ1) is 28.4. The molecule has 1 aromatic heterocycles. The molecule has 7 aromatic rings. The van der Waals surface area contributed by atoms with E-state index in [0.717, 1.165) is 63.5 Å². The summed E-state index contributed by atoms with van der Waals surface area (Å²) in [7, 11) is 0. The highest BCUT2D eigenvalue weighted by Gasteiger charge is 2.22. The SMILES string of the molecule is C/C(=C\C=C1/Cc2ccc3cc4oc5ccccc5c4cc3c2O1)c1c2ccccc2c(/C2=C/C=C\C/C=C\C=C/C2)c2ccccc12. The molecule has 0 saturated carbocycles. The Labute approximate surface area is 279 Å². The third-order valence-corrected chi connectivity index (χ3v) is 9.74. The zero-order chi connectivity index (χ0) is 32.0. The predicted molar refractivity (Wildman–Crippen MR) is 203 cm³/mol. The van der Waals surface area contributed by atoms with Crippen LogP contribution in [0.25, 0.3) is 65.4 Å². The van der Waals surface area contributed by atoms with Crippen LogP contribution in [0, 0.1) is 0 Å². The predicted octanol–water partition coefficient (Wildman–Crippen LogP) is 12.8. The van der Waals surface area contributed by atoms with E-state index in [2.05, 4.69) is 147 Å². The lowest BCUT2D eigenvalue weighted by Gasteiger charge is -2.19. The van der Waals surface area contributed by atoms with Crippen LogP contribution >= 0.6 is 0 Å². The number of furan rings is 1. The standard InChI is InChI=1S/C46H34O2/c1-30(23-26-34-27-33-25-24-32-28-43-41(29-40(32)46(33)47-34)35-17-13-14-22-42(35)48-43)44-36-18-9-11-20-38(36)45(39-21-12-10-19-37(39)44)31-15-7-5-3-2-4-6-8-16-31/h2-3,5-14,16-26,28-29H,4,15,27H2,1H3/b3-2-,7-5-,8-6-,30-23+,31-16+,34-26+. The van der Waals surface area contributed by atoms with Crippen molar-refractivity contribution in [2.24, 2.45) is 0 Å². The maximum atomic E-state index is 6.62. The molecule has 0 unspecified atom stereocenters. The van der Waals surface area contributed by atoms with Gasteiger partial charge < -0.3 is 9.15 Å². The Bertz CT molecular complexity index is 2560. The first-order valence-electron chi connectivity index (χ1n) is 16.8. The van der Waals surface area contributed by atoms with Gasteiger partial charge in [-0.1, -0.05) is 127 Å². The topological polar surface area (TPSA) is 22.4 Å². The molecule has 48 heavy (non-hydrogen) atoms. The minimum Gasteiger partial charge on any atom is -0.460 e. The van der Waals surface area contributed by atoms with Crippen molar-refractivity contribution in [3.05, 3.63) is 174 Å². The fourth-order valence-electron chi connectivity index (χ4n) is 7.49. The molecule has 0 radical (unpaired) electrons. The van der Waals surface area contributed by atoms with E-state index in [1.807, 2.05) is 12.1 Å². The van der Waals surface area contributed by atoms with Gasteiger partial charge in [-0.2, -0.15) is 0 Å². The Morgan fingerprint density at radius 2 is 1.35 bits per heavy atom. The minimum atomic E-state index is 0.768. The second-order valence-electron chi connectivity index (χ2n) is 12.7. The van der Waals surface area contributed by atoms with E-state index in [-0.39, 0.29) is 0 Å². The second kappa shape index (κ2) is 11.7. The number of hydrogen-bond acceptors (Lipinski definition) is 2. The molecule has 0 spiro atoms. The van der Waals surface area contributed by atoms with E-state index in [0.29, 0.717) is 0 Å². The van der Waals surface area contributed by atoms with Crippen LogP contribution in [-0.4, -0.2) is 0 Å². The van der Waals surface area contributed by atoms with Crippen molar-refractivity contribution in [2.45, 2.75) is 26.2 Å². The number of allylic oxidation sites excluding steroid dienone is 12. The molecule has 0 amide bonds. The molecular formula is C46H34O2. The summed E-state index contributed by atoms with van der Waals surface area (Å²) >= 11 is 0. The van der Waals surface area contributed by atoms with E-state index in [1.165, 1.54) is 49.4 Å². The van der Waals surface area contributed by atoms with Crippen LogP contribution in [0.15, 0.2) is 162 Å². The summed E-state index contributed by atoms with van der Waals surface area (Å²) < 4.78 is 12.8. The Morgan fingerprint density at radius 3 is 2.17 bits per heavy atom. The zero-order valence-corrected chi connectivity index (χ0v) is 26.9. The van der Waals surface area contributed by atoms with Crippen molar-refractivity contribution < 1.29 is 9.15 Å². The molecule has 2 aliphatic rings. The van der Waals surface area contributed by atoms with Gasteiger partial charge in [-0.05, 0) is 93.2 Å². The largest absolute Gasteiger partial charge is 0.460 e. The third kappa shape index (κ3) is 4.80. The molecule has 0 N–H and O–H groups in total. The van der Waals surface area contributed by atoms with Crippen LogP contribution in [0.3, 0.4) is 0 Å². The highest BCUT2D eigenvalue weighted by atomic mass is 16.5. The van der Waals surface area contributed by atoms with Crippen molar-refractivity contribution in [1.82, 2.24) is 0 Å². The van der Waals surface area contributed by atoms with E-state index >= 15 is 0 Å². The van der Waals surface area contributed by atoms with Crippen molar-refractivity contribution in [3.63, 3.8) is 0 Å². The molecule has 0 bridgehead atoms. The summed E-state index contributed by atoms with van der Waals surface area (Å²) in [5.41, 5.74) is 8.15. The van der Waals surface area contributed by atoms with Gasteiger partial charge in [-0.15, -0.1) is 0 Å². The molecule has 230 valence electrons. The van der Waals surface area contributed by atoms with Gasteiger partial charge in [-0.3, -0.25) is 0 Å². The number of benzene rings is 6. The van der Waals surface area contributed by atoms with Crippen LogP contribution in [0.1, 0.15) is 36.5 Å². The van der Waals surface area contributed by atoms with Crippen molar-refractivity contribution in [1.29, 1.82) is 0 Å². The van der Waals surface area contributed by atoms with Gasteiger partial charge in [0.2, 0.25) is 0 Å². The highest BCUT2D eigenvalue weighted by Crippen LogP contribution is 2.43. The lowest BCUT2D eigenvalue weighted by atomic mass is 9.85. The first-order valence-corrected chi connectivity index (χ1v) is 16.8. The fraction of sp³-hybridized carbons (Fsp3) is 0.0870. The average Bonchev–Trinajstić information content (AvgIpc) is 3.72. The first-order chi connectivity index (χ1) is 23.7. The van der Waals surface area contributed by atoms with Gasteiger partial charge >= 0.3 is 0 Å². The maximum Gasteiger partial charge on any atom is 0.138 e. The Hall–Kier alpha value is -5.86. The monoisotopic (exact) mass is 618 g/mol. The third-order valence-electron chi connectivity index (χ3n) is 9.74. The molecule has 2 heterocycles. The number of rotatable bonds is 3. The van der Waals surface area contributed by atoms with Gasteiger partial charge in [0.05, 0.1) is 0 Å². The molecular weight excluding hydrogens is 585 g/mol. The van der Waals surface area contributed by atoms with Crippen LogP contribution < -0.4 is 4.74 Å². The molecule has 6 aromatic carbocycles. The van der Waals surface area contributed by atoms with Gasteiger partial charge in [0.15, 0.2) is 0 Å². The summed E-state index contributed by atoms with van der Waals surface area (Å²) in [5, 5.41) is 9.59. The van der Waals surface area contributed by atoms with Gasteiger partial charge in [0.1, 0.15) is 22.7 Å². The number of para-hydroxylation sites is 1. The molecule has 0 fully saturated rings.